The summed E-state index contributed by atoms with van der Waals surface area (Å²) in [4.78, 5) is 10.3. The van der Waals surface area contributed by atoms with Gasteiger partial charge < -0.3 is 10.6 Å². The fraction of sp³-hybridized carbons (Fsp3) is 0.375. The van der Waals surface area contributed by atoms with Gasteiger partial charge in [0.2, 0.25) is 5.95 Å². The van der Waals surface area contributed by atoms with Crippen LogP contribution in [0.2, 0.25) is 0 Å². The minimum absolute atomic E-state index is 0.0100. The Balaban J connectivity index is 2.26. The van der Waals surface area contributed by atoms with E-state index < -0.39 is 0 Å². The molecule has 0 amide bonds. The van der Waals surface area contributed by atoms with Crippen LogP contribution in [0.1, 0.15) is 12.1 Å². The van der Waals surface area contributed by atoms with E-state index in [1.54, 1.807) is 12.3 Å². The van der Waals surface area contributed by atoms with Crippen LogP contribution in [0.4, 0.5) is 5.95 Å². The normalized spacial score (nSPS) is 15.2. The number of nitrogens with two attached hydrogens (primary N) is 1. The van der Waals surface area contributed by atoms with Crippen LogP contribution in [0.15, 0.2) is 12.3 Å². The third kappa shape index (κ3) is 1.44. The van der Waals surface area contributed by atoms with Crippen LogP contribution < -0.4 is 10.6 Å². The molecule has 1 fully saturated rings. The van der Waals surface area contributed by atoms with Crippen LogP contribution in [0.3, 0.4) is 0 Å². The number of nitrogens with one attached hydrogen (secondary N) is 1. The van der Waals surface area contributed by atoms with E-state index in [-0.39, 0.29) is 5.84 Å². The summed E-state index contributed by atoms with van der Waals surface area (Å²) in [7, 11) is 0. The van der Waals surface area contributed by atoms with Gasteiger partial charge in [-0.1, -0.05) is 0 Å². The zero-order chi connectivity index (χ0) is 9.26. The summed E-state index contributed by atoms with van der Waals surface area (Å²) in [6.07, 6.45) is 2.82. The minimum atomic E-state index is -0.0100. The molecule has 3 N–H and O–H groups in total. The number of rotatable bonds is 2. The predicted octanol–water partition coefficient (Wildman–Crippen LogP) is -0.0292. The predicted molar refractivity (Wildman–Crippen MR) is 49.9 cm³/mol. The highest BCUT2D eigenvalue weighted by molar-refractivity contribution is 5.93. The Hall–Kier alpha value is -1.65. The van der Waals surface area contributed by atoms with Gasteiger partial charge in [-0.05, 0) is 12.5 Å². The maximum atomic E-state index is 7.22. The molecule has 68 valence electrons. The number of hydrogen-bond donors (Lipinski definition) is 2. The van der Waals surface area contributed by atoms with Gasteiger partial charge in [0.1, 0.15) is 11.5 Å². The SMILES string of the molecule is N=C(N)c1ccnc(N2CCC2)n1. The molecule has 1 aromatic heterocycles. The van der Waals surface area contributed by atoms with Gasteiger partial charge in [0, 0.05) is 19.3 Å². The van der Waals surface area contributed by atoms with E-state index in [1.807, 2.05) is 0 Å². The minimum Gasteiger partial charge on any atom is -0.382 e. The van der Waals surface area contributed by atoms with Crippen molar-refractivity contribution < 1.29 is 0 Å². The summed E-state index contributed by atoms with van der Waals surface area (Å²) >= 11 is 0. The quantitative estimate of drug-likeness (QED) is 0.491. The Morgan fingerprint density at radius 3 is 2.85 bits per heavy atom. The van der Waals surface area contributed by atoms with Crippen molar-refractivity contribution in [3.63, 3.8) is 0 Å². The summed E-state index contributed by atoms with van der Waals surface area (Å²) in [6, 6.07) is 1.64. The molecule has 5 heteroatoms. The van der Waals surface area contributed by atoms with Gasteiger partial charge in [0.05, 0.1) is 0 Å². The molecule has 0 unspecified atom stereocenters. The number of nitrogens with zero attached hydrogens (tertiary/aromatic N) is 3. The highest BCUT2D eigenvalue weighted by Crippen LogP contribution is 2.14. The molecule has 2 rings (SSSR count). The van der Waals surface area contributed by atoms with Crippen molar-refractivity contribution in [3.05, 3.63) is 18.0 Å². The fourth-order valence-electron chi connectivity index (χ4n) is 1.17. The topological polar surface area (TPSA) is 78.9 Å². The highest BCUT2D eigenvalue weighted by atomic mass is 15.3. The number of aromatic nitrogens is 2. The molecule has 0 atom stereocenters. The first-order valence-corrected chi connectivity index (χ1v) is 4.20. The first-order chi connectivity index (χ1) is 6.27. The van der Waals surface area contributed by atoms with Crippen molar-refractivity contribution in [1.29, 1.82) is 5.41 Å². The van der Waals surface area contributed by atoms with Crippen LogP contribution in [0.5, 0.6) is 0 Å². The van der Waals surface area contributed by atoms with E-state index >= 15 is 0 Å². The monoisotopic (exact) mass is 177 g/mol. The average molecular weight is 177 g/mol. The lowest BCUT2D eigenvalue weighted by atomic mass is 10.2. The molecule has 2 heterocycles. The van der Waals surface area contributed by atoms with Crippen molar-refractivity contribution in [2.75, 3.05) is 18.0 Å². The Bertz CT molecular complexity index is 331. The summed E-state index contributed by atoms with van der Waals surface area (Å²) in [6.45, 7) is 2.00. The van der Waals surface area contributed by atoms with Crippen molar-refractivity contribution in [2.45, 2.75) is 6.42 Å². The Kier molecular flexibility index (Phi) is 1.84. The molecule has 0 spiro atoms. The van der Waals surface area contributed by atoms with Crippen LogP contribution in [-0.2, 0) is 0 Å². The Labute approximate surface area is 76.1 Å². The third-order valence-corrected chi connectivity index (χ3v) is 2.06. The van der Waals surface area contributed by atoms with Gasteiger partial charge >= 0.3 is 0 Å². The molecule has 0 aliphatic carbocycles. The molecular weight excluding hydrogens is 166 g/mol. The van der Waals surface area contributed by atoms with Crippen LogP contribution in [-0.4, -0.2) is 28.9 Å². The highest BCUT2D eigenvalue weighted by Gasteiger charge is 2.17. The zero-order valence-electron chi connectivity index (χ0n) is 7.20. The van der Waals surface area contributed by atoms with Gasteiger partial charge in [-0.3, -0.25) is 5.41 Å². The van der Waals surface area contributed by atoms with Crippen molar-refractivity contribution >= 4 is 11.8 Å². The molecule has 0 radical (unpaired) electrons. The molecule has 1 saturated heterocycles. The molecule has 0 saturated carbocycles. The second-order valence-corrected chi connectivity index (χ2v) is 3.00. The molecule has 13 heavy (non-hydrogen) atoms. The van der Waals surface area contributed by atoms with Gasteiger partial charge in [-0.15, -0.1) is 0 Å². The first kappa shape index (κ1) is 7.97. The maximum Gasteiger partial charge on any atom is 0.225 e. The molecule has 1 aliphatic heterocycles. The smallest absolute Gasteiger partial charge is 0.225 e. The van der Waals surface area contributed by atoms with Crippen LogP contribution in [0, 0.1) is 5.41 Å². The van der Waals surface area contributed by atoms with Crippen molar-refractivity contribution in [2.24, 2.45) is 5.73 Å². The third-order valence-electron chi connectivity index (χ3n) is 2.06. The van der Waals surface area contributed by atoms with E-state index in [0.717, 1.165) is 13.1 Å². The molecule has 0 bridgehead atoms. The maximum absolute atomic E-state index is 7.22. The van der Waals surface area contributed by atoms with E-state index in [9.17, 15) is 0 Å². The summed E-state index contributed by atoms with van der Waals surface area (Å²) in [5.41, 5.74) is 5.81. The number of nitrogen functional groups attached to an aromatic ring is 1. The Morgan fingerprint density at radius 2 is 2.31 bits per heavy atom. The van der Waals surface area contributed by atoms with Crippen molar-refractivity contribution in [1.82, 2.24) is 9.97 Å². The van der Waals surface area contributed by atoms with Crippen LogP contribution in [0.25, 0.3) is 0 Å². The fourth-order valence-corrected chi connectivity index (χ4v) is 1.17. The van der Waals surface area contributed by atoms with E-state index in [1.165, 1.54) is 6.42 Å². The summed E-state index contributed by atoms with van der Waals surface area (Å²) in [5, 5.41) is 7.22. The number of hydrogen-bond acceptors (Lipinski definition) is 4. The largest absolute Gasteiger partial charge is 0.382 e. The Morgan fingerprint density at radius 1 is 1.54 bits per heavy atom. The standard InChI is InChI=1S/C8H11N5/c9-7(10)6-2-3-11-8(12-6)13-4-1-5-13/h2-3H,1,4-5H2,(H3,9,10). The van der Waals surface area contributed by atoms with Crippen molar-refractivity contribution in [3.8, 4) is 0 Å². The second-order valence-electron chi connectivity index (χ2n) is 3.00. The zero-order valence-corrected chi connectivity index (χ0v) is 7.20. The first-order valence-electron chi connectivity index (χ1n) is 4.20. The summed E-state index contributed by atoms with van der Waals surface area (Å²) < 4.78 is 0. The number of anilines is 1. The van der Waals surface area contributed by atoms with Gasteiger partial charge in [0.25, 0.3) is 0 Å². The second kappa shape index (κ2) is 3.01. The molecular formula is C8H11N5. The van der Waals surface area contributed by atoms with E-state index in [2.05, 4.69) is 14.9 Å². The van der Waals surface area contributed by atoms with E-state index in [4.69, 9.17) is 11.1 Å². The molecule has 5 nitrogen and oxygen atoms in total. The summed E-state index contributed by atoms with van der Waals surface area (Å²) in [5.74, 6) is 0.670. The van der Waals surface area contributed by atoms with Crippen LogP contribution >= 0.6 is 0 Å². The van der Waals surface area contributed by atoms with E-state index in [0.29, 0.717) is 11.6 Å². The molecule has 1 aliphatic rings. The lowest BCUT2D eigenvalue weighted by Crippen LogP contribution is -2.38. The van der Waals surface area contributed by atoms with Gasteiger partial charge in [-0.2, -0.15) is 0 Å². The van der Waals surface area contributed by atoms with Gasteiger partial charge in [-0.25, -0.2) is 9.97 Å². The molecule has 1 aromatic rings. The van der Waals surface area contributed by atoms with Gasteiger partial charge in [0.15, 0.2) is 0 Å². The lowest BCUT2D eigenvalue weighted by molar-refractivity contribution is 0.600. The molecule has 0 aromatic carbocycles. The number of amidine groups is 1. The average Bonchev–Trinajstić information content (AvgIpc) is 2.01. The lowest BCUT2D eigenvalue weighted by Gasteiger charge is -2.30.